The highest BCUT2D eigenvalue weighted by Gasteiger charge is 2.67. The minimum Gasteiger partial charge on any atom is -0.353 e. The van der Waals surface area contributed by atoms with E-state index in [1.54, 1.807) is 11.6 Å². The topological polar surface area (TPSA) is 111 Å². The SMILES string of the molecule is CCC(=O)NC12CC(CCn3c(C#N)cc4c(C)c(CN5CCC6CN(c7c(NC(=O)CC(F)(F)F)ncn7C)CC65)ccc43)(C1)C2. The van der Waals surface area contributed by atoms with Crippen LogP contribution in [0.2, 0.25) is 0 Å². The number of rotatable bonds is 10. The average Bonchev–Trinajstić information content (AvgIpc) is 3.73. The molecule has 3 aromatic rings. The number of aromatic nitrogens is 3. The number of aryl methyl sites for hydroxylation is 3. The minimum atomic E-state index is -4.58. The Kier molecular flexibility index (Phi) is 7.57. The maximum absolute atomic E-state index is 12.8. The van der Waals surface area contributed by atoms with Gasteiger partial charge >= 0.3 is 6.18 Å². The van der Waals surface area contributed by atoms with Gasteiger partial charge in [0.05, 0.1) is 6.33 Å². The number of nitriles is 1. The zero-order valence-corrected chi connectivity index (χ0v) is 27.1. The van der Waals surface area contributed by atoms with Crippen molar-refractivity contribution in [2.45, 2.75) is 89.6 Å². The molecule has 2 unspecified atom stereocenters. The maximum atomic E-state index is 12.8. The van der Waals surface area contributed by atoms with Gasteiger partial charge in [0, 0.05) is 62.1 Å². The Morgan fingerprint density at radius 1 is 1.17 bits per heavy atom. The normalized spacial score (nSPS) is 26.5. The van der Waals surface area contributed by atoms with Gasteiger partial charge in [-0.25, -0.2) is 4.98 Å². The zero-order chi connectivity index (χ0) is 33.3. The van der Waals surface area contributed by atoms with Gasteiger partial charge in [-0.15, -0.1) is 0 Å². The Labute approximate surface area is 271 Å². The lowest BCUT2D eigenvalue weighted by atomic mass is 9.38. The molecule has 5 aliphatic rings. The summed E-state index contributed by atoms with van der Waals surface area (Å²) < 4.78 is 42.2. The number of amides is 2. The summed E-state index contributed by atoms with van der Waals surface area (Å²) in [6, 6.07) is 9.01. The number of anilines is 2. The van der Waals surface area contributed by atoms with Crippen LogP contribution in [0.1, 0.15) is 68.7 Å². The molecule has 3 aliphatic carbocycles. The molecule has 13 heteroatoms. The van der Waals surface area contributed by atoms with E-state index in [1.807, 2.05) is 13.0 Å². The second-order valence-electron chi connectivity index (χ2n) is 14.4. The molecule has 2 bridgehead atoms. The first-order valence-corrected chi connectivity index (χ1v) is 16.5. The number of halogens is 3. The van der Waals surface area contributed by atoms with Gasteiger partial charge in [0.15, 0.2) is 11.6 Å². The quantitative estimate of drug-likeness (QED) is 0.320. The molecule has 3 saturated carbocycles. The number of nitrogens with zero attached hydrogens (tertiary/aromatic N) is 6. The Morgan fingerprint density at radius 2 is 1.94 bits per heavy atom. The lowest BCUT2D eigenvalue weighted by molar-refractivity contribution is -0.169. The van der Waals surface area contributed by atoms with Crippen molar-refractivity contribution in [3.8, 4) is 6.07 Å². The summed E-state index contributed by atoms with van der Waals surface area (Å²) >= 11 is 0. The predicted molar refractivity (Wildman–Crippen MR) is 170 cm³/mol. The van der Waals surface area contributed by atoms with Crippen LogP contribution in [0.5, 0.6) is 0 Å². The third-order valence-corrected chi connectivity index (χ3v) is 11.2. The second kappa shape index (κ2) is 11.3. The third-order valence-electron chi connectivity index (χ3n) is 11.2. The van der Waals surface area contributed by atoms with Gasteiger partial charge in [-0.05, 0) is 80.2 Å². The van der Waals surface area contributed by atoms with E-state index in [9.17, 15) is 28.0 Å². The van der Waals surface area contributed by atoms with Crippen LogP contribution in [0.4, 0.5) is 24.8 Å². The molecule has 2 atom stereocenters. The van der Waals surface area contributed by atoms with Crippen molar-refractivity contribution in [3.63, 3.8) is 0 Å². The van der Waals surface area contributed by atoms with E-state index in [2.05, 4.69) is 55.1 Å². The van der Waals surface area contributed by atoms with Crippen LogP contribution in [0.25, 0.3) is 10.9 Å². The maximum Gasteiger partial charge on any atom is 0.397 e. The van der Waals surface area contributed by atoms with Gasteiger partial charge in [-0.3, -0.25) is 14.5 Å². The minimum absolute atomic E-state index is 0.00683. The second-order valence-corrected chi connectivity index (χ2v) is 14.4. The van der Waals surface area contributed by atoms with E-state index in [-0.39, 0.29) is 28.7 Å². The summed E-state index contributed by atoms with van der Waals surface area (Å²) in [5.41, 5.74) is 4.41. The number of likely N-dealkylation sites (tertiary alicyclic amines) is 1. The molecule has 5 fully saturated rings. The number of imidazole rings is 1. The Balaban J connectivity index is 1.02. The van der Waals surface area contributed by atoms with E-state index in [0.717, 1.165) is 69.2 Å². The largest absolute Gasteiger partial charge is 0.397 e. The molecule has 2 saturated heterocycles. The summed E-state index contributed by atoms with van der Waals surface area (Å²) in [7, 11) is 1.78. The predicted octanol–water partition coefficient (Wildman–Crippen LogP) is 5.00. The fraction of sp³-hybridized carbons (Fsp3) is 0.588. The molecule has 2 amide bonds. The van der Waals surface area contributed by atoms with Crippen LogP contribution in [0, 0.1) is 29.6 Å². The van der Waals surface area contributed by atoms with E-state index in [1.165, 1.54) is 17.5 Å². The van der Waals surface area contributed by atoms with Crippen molar-refractivity contribution in [2.75, 3.05) is 29.9 Å². The summed E-state index contributed by atoms with van der Waals surface area (Å²) in [4.78, 5) is 32.7. The highest BCUT2D eigenvalue weighted by molar-refractivity contribution is 5.93. The van der Waals surface area contributed by atoms with Crippen LogP contribution in [-0.2, 0) is 29.7 Å². The first-order valence-electron chi connectivity index (χ1n) is 16.5. The van der Waals surface area contributed by atoms with Crippen molar-refractivity contribution < 1.29 is 22.8 Å². The number of hydrogen-bond donors (Lipinski definition) is 2. The highest BCUT2D eigenvalue weighted by Crippen LogP contribution is 2.69. The van der Waals surface area contributed by atoms with E-state index >= 15 is 0 Å². The van der Waals surface area contributed by atoms with Gasteiger partial charge < -0.3 is 24.7 Å². The van der Waals surface area contributed by atoms with Crippen molar-refractivity contribution in [3.05, 3.63) is 41.3 Å². The summed E-state index contributed by atoms with van der Waals surface area (Å²) in [6.45, 7) is 7.93. The number of benzene rings is 1. The Hall–Kier alpha value is -4.05. The van der Waals surface area contributed by atoms with Crippen LogP contribution in [0.15, 0.2) is 24.5 Å². The standard InChI is InChI=1S/C34H41F3N8O2/c1-4-28(46)41-33-17-32(18-33,19-33)8-10-45-24(13-38)11-25-21(2)22(5-6-26(25)45)14-43-9-7-23-15-44(16-27(23)43)31-30(39-20-42(31)3)40-29(47)12-34(35,36)37/h5-6,11,20,23,27H,4,7-10,12,14-19H2,1-3H3,(H,40,47)(H,41,46). The lowest BCUT2D eigenvalue weighted by Gasteiger charge is -2.71. The monoisotopic (exact) mass is 650 g/mol. The fourth-order valence-corrected chi connectivity index (χ4v) is 9.04. The fourth-order valence-electron chi connectivity index (χ4n) is 9.04. The van der Waals surface area contributed by atoms with Crippen molar-refractivity contribution >= 4 is 34.4 Å². The first kappa shape index (κ1) is 31.5. The number of nitrogens with one attached hydrogen (secondary N) is 2. The van der Waals surface area contributed by atoms with Crippen LogP contribution >= 0.6 is 0 Å². The summed E-state index contributed by atoms with van der Waals surface area (Å²) in [5.74, 6) is 0.174. The summed E-state index contributed by atoms with van der Waals surface area (Å²) in [6.07, 6.45) is 0.983. The van der Waals surface area contributed by atoms with Crippen LogP contribution in [-0.4, -0.2) is 68.2 Å². The van der Waals surface area contributed by atoms with Crippen LogP contribution < -0.4 is 15.5 Å². The molecule has 250 valence electrons. The van der Waals surface area contributed by atoms with E-state index < -0.39 is 18.5 Å². The van der Waals surface area contributed by atoms with Crippen molar-refractivity contribution in [1.29, 1.82) is 5.26 Å². The van der Waals surface area contributed by atoms with Gasteiger partial charge in [-0.1, -0.05) is 13.0 Å². The van der Waals surface area contributed by atoms with Gasteiger partial charge in [0.2, 0.25) is 11.8 Å². The molecular formula is C34H41F3N8O2. The molecular weight excluding hydrogens is 609 g/mol. The molecule has 2 aromatic heterocycles. The average molecular weight is 651 g/mol. The van der Waals surface area contributed by atoms with Gasteiger partial charge in [-0.2, -0.15) is 18.4 Å². The van der Waals surface area contributed by atoms with Gasteiger partial charge in [0.25, 0.3) is 0 Å². The Bertz CT molecular complexity index is 1770. The zero-order valence-electron chi connectivity index (χ0n) is 27.1. The number of carbonyl (C=O) groups is 2. The molecule has 10 nitrogen and oxygen atoms in total. The molecule has 1 aromatic carbocycles. The van der Waals surface area contributed by atoms with E-state index in [4.69, 9.17) is 0 Å². The van der Waals surface area contributed by atoms with Crippen LogP contribution in [0.3, 0.4) is 0 Å². The smallest absolute Gasteiger partial charge is 0.353 e. The Morgan fingerprint density at radius 3 is 2.64 bits per heavy atom. The molecule has 0 radical (unpaired) electrons. The molecule has 2 N–H and O–H groups in total. The lowest BCUT2D eigenvalue weighted by Crippen LogP contribution is -2.74. The number of fused-ring (bicyclic) bond motifs is 2. The van der Waals surface area contributed by atoms with Gasteiger partial charge in [0.1, 0.15) is 18.2 Å². The van der Waals surface area contributed by atoms with Crippen molar-refractivity contribution in [1.82, 2.24) is 24.3 Å². The van der Waals surface area contributed by atoms with E-state index in [0.29, 0.717) is 30.4 Å². The number of hydrogen-bond acceptors (Lipinski definition) is 6. The van der Waals surface area contributed by atoms with Crippen molar-refractivity contribution in [2.24, 2.45) is 18.4 Å². The molecule has 2 aliphatic heterocycles. The summed E-state index contributed by atoms with van der Waals surface area (Å²) in [5, 5.41) is 16.7. The number of alkyl halides is 3. The molecule has 0 spiro atoms. The first-order chi connectivity index (χ1) is 22.3. The number of carbonyl (C=O) groups excluding carboxylic acids is 2. The molecule has 47 heavy (non-hydrogen) atoms. The molecule has 8 rings (SSSR count). The molecule has 4 heterocycles. The third kappa shape index (κ3) is 5.64. The highest BCUT2D eigenvalue weighted by atomic mass is 19.4.